The molecule has 0 spiro atoms. The average molecular weight is 261 g/mol. The predicted octanol–water partition coefficient (Wildman–Crippen LogP) is 2.07. The fourth-order valence-electron chi connectivity index (χ4n) is 2.84. The predicted molar refractivity (Wildman–Crippen MR) is 78.9 cm³/mol. The van der Waals surface area contributed by atoms with Crippen molar-refractivity contribution in [1.82, 2.24) is 10.2 Å². The molecule has 1 aromatic carbocycles. The summed E-state index contributed by atoms with van der Waals surface area (Å²) in [5.74, 6) is 0. The topological polar surface area (TPSA) is 35.6 Å². The van der Waals surface area contributed by atoms with Gasteiger partial charge in [-0.25, -0.2) is 4.79 Å². The summed E-state index contributed by atoms with van der Waals surface area (Å²) < 4.78 is 0. The molecule has 1 aromatic rings. The Morgan fingerprint density at radius 1 is 1.16 bits per heavy atom. The molecule has 2 rings (SSSR count). The molecule has 0 unspecified atom stereocenters. The van der Waals surface area contributed by atoms with Gasteiger partial charge in [-0.2, -0.15) is 0 Å². The minimum Gasteiger partial charge on any atom is -0.321 e. The molecule has 2 amide bonds. The molecular formula is C15H23N3O. The quantitative estimate of drug-likeness (QED) is 0.900. The molecular weight excluding hydrogens is 238 g/mol. The van der Waals surface area contributed by atoms with Crippen molar-refractivity contribution in [3.63, 3.8) is 0 Å². The summed E-state index contributed by atoms with van der Waals surface area (Å²) in [5, 5.41) is 3.09. The third-order valence-electron chi connectivity index (χ3n) is 3.63. The highest BCUT2D eigenvalue weighted by molar-refractivity contribution is 5.95. The zero-order valence-corrected chi connectivity index (χ0v) is 12.3. The zero-order chi connectivity index (χ0) is 14.0. The molecule has 19 heavy (non-hydrogen) atoms. The zero-order valence-electron chi connectivity index (χ0n) is 12.3. The number of nitrogens with zero attached hydrogens (tertiary/aromatic N) is 2. The van der Waals surface area contributed by atoms with Gasteiger partial charge in [-0.1, -0.05) is 17.7 Å². The summed E-state index contributed by atoms with van der Waals surface area (Å²) in [6.07, 6.45) is 0. The first kappa shape index (κ1) is 13.9. The Morgan fingerprint density at radius 2 is 1.79 bits per heavy atom. The number of aryl methyl sites for hydroxylation is 3. The van der Waals surface area contributed by atoms with Crippen LogP contribution in [0, 0.1) is 20.8 Å². The Kier molecular flexibility index (Phi) is 4.10. The molecule has 0 radical (unpaired) electrons. The number of amides is 2. The van der Waals surface area contributed by atoms with E-state index in [9.17, 15) is 4.79 Å². The van der Waals surface area contributed by atoms with E-state index in [0.717, 1.165) is 31.9 Å². The molecule has 1 aliphatic heterocycles. The van der Waals surface area contributed by atoms with Crippen molar-refractivity contribution in [3.8, 4) is 0 Å². The highest BCUT2D eigenvalue weighted by Crippen LogP contribution is 2.29. The van der Waals surface area contributed by atoms with E-state index >= 15 is 0 Å². The highest BCUT2D eigenvalue weighted by Gasteiger charge is 2.30. The van der Waals surface area contributed by atoms with Crippen molar-refractivity contribution in [2.24, 2.45) is 0 Å². The number of nitrogens with one attached hydrogen (secondary N) is 1. The second-order valence-electron chi connectivity index (χ2n) is 5.27. The molecule has 4 heteroatoms. The van der Waals surface area contributed by atoms with E-state index in [1.165, 1.54) is 16.7 Å². The molecule has 0 aliphatic carbocycles. The standard InChI is InChI=1S/C15H23N3O/c1-11-9-12(2)14(13(3)10-11)18-8-7-17(15(18)19)6-5-16-4/h9-10,16H,5-8H2,1-4H3. The van der Waals surface area contributed by atoms with Crippen molar-refractivity contribution in [1.29, 1.82) is 0 Å². The van der Waals surface area contributed by atoms with Crippen molar-refractivity contribution in [2.45, 2.75) is 20.8 Å². The van der Waals surface area contributed by atoms with Crippen LogP contribution in [0.1, 0.15) is 16.7 Å². The van der Waals surface area contributed by atoms with Crippen LogP contribution < -0.4 is 10.2 Å². The number of hydrogen-bond acceptors (Lipinski definition) is 2. The Labute approximate surface area is 115 Å². The van der Waals surface area contributed by atoms with Gasteiger partial charge < -0.3 is 10.2 Å². The van der Waals surface area contributed by atoms with Crippen LogP contribution in [0.4, 0.5) is 10.5 Å². The molecule has 1 N–H and O–H groups in total. The molecule has 0 saturated carbocycles. The summed E-state index contributed by atoms with van der Waals surface area (Å²) in [5.41, 5.74) is 4.70. The Balaban J connectivity index is 2.22. The van der Waals surface area contributed by atoms with E-state index in [1.807, 2.05) is 16.8 Å². The van der Waals surface area contributed by atoms with E-state index in [2.05, 4.69) is 38.2 Å². The minimum absolute atomic E-state index is 0.130. The van der Waals surface area contributed by atoms with Gasteiger partial charge in [0.05, 0.1) is 5.69 Å². The lowest BCUT2D eigenvalue weighted by atomic mass is 10.0. The number of urea groups is 1. The molecule has 1 aliphatic rings. The summed E-state index contributed by atoms with van der Waals surface area (Å²) in [7, 11) is 1.91. The highest BCUT2D eigenvalue weighted by atomic mass is 16.2. The van der Waals surface area contributed by atoms with Crippen LogP contribution in [0.5, 0.6) is 0 Å². The smallest absolute Gasteiger partial charge is 0.321 e. The van der Waals surface area contributed by atoms with Crippen LogP contribution in [-0.4, -0.2) is 44.2 Å². The number of rotatable bonds is 4. The summed E-state index contributed by atoms with van der Waals surface area (Å²) in [6, 6.07) is 4.42. The van der Waals surface area contributed by atoms with Gasteiger partial charge in [-0.05, 0) is 38.9 Å². The molecule has 0 aromatic heterocycles. The van der Waals surface area contributed by atoms with Crippen LogP contribution >= 0.6 is 0 Å². The van der Waals surface area contributed by atoms with E-state index in [4.69, 9.17) is 0 Å². The van der Waals surface area contributed by atoms with Crippen LogP contribution in [0.2, 0.25) is 0 Å². The van der Waals surface area contributed by atoms with Crippen LogP contribution in [-0.2, 0) is 0 Å². The lowest BCUT2D eigenvalue weighted by Gasteiger charge is -2.22. The van der Waals surface area contributed by atoms with E-state index < -0.39 is 0 Å². The third kappa shape index (κ3) is 2.73. The van der Waals surface area contributed by atoms with Gasteiger partial charge in [0.25, 0.3) is 0 Å². The fourth-order valence-corrected chi connectivity index (χ4v) is 2.84. The molecule has 0 bridgehead atoms. The van der Waals surface area contributed by atoms with Crippen LogP contribution in [0.3, 0.4) is 0 Å². The third-order valence-corrected chi connectivity index (χ3v) is 3.63. The number of likely N-dealkylation sites (N-methyl/N-ethyl adjacent to an activating group) is 1. The van der Waals surface area contributed by atoms with Crippen molar-refractivity contribution < 1.29 is 4.79 Å². The maximum absolute atomic E-state index is 12.4. The van der Waals surface area contributed by atoms with Crippen LogP contribution in [0.15, 0.2) is 12.1 Å². The Bertz CT molecular complexity index is 461. The number of benzene rings is 1. The van der Waals surface area contributed by atoms with Crippen molar-refractivity contribution in [3.05, 3.63) is 28.8 Å². The van der Waals surface area contributed by atoms with Gasteiger partial charge in [-0.15, -0.1) is 0 Å². The van der Waals surface area contributed by atoms with E-state index in [-0.39, 0.29) is 6.03 Å². The molecule has 1 fully saturated rings. The van der Waals surface area contributed by atoms with Crippen molar-refractivity contribution in [2.75, 3.05) is 38.1 Å². The molecule has 0 atom stereocenters. The first-order valence-electron chi connectivity index (χ1n) is 6.83. The largest absolute Gasteiger partial charge is 0.324 e. The normalized spacial score (nSPS) is 15.5. The molecule has 1 saturated heterocycles. The van der Waals surface area contributed by atoms with Gasteiger partial charge in [-0.3, -0.25) is 4.90 Å². The van der Waals surface area contributed by atoms with Gasteiger partial charge >= 0.3 is 6.03 Å². The Morgan fingerprint density at radius 3 is 2.37 bits per heavy atom. The molecule has 104 valence electrons. The lowest BCUT2D eigenvalue weighted by molar-refractivity contribution is 0.221. The van der Waals surface area contributed by atoms with Crippen LogP contribution in [0.25, 0.3) is 0 Å². The molecule has 4 nitrogen and oxygen atoms in total. The van der Waals surface area contributed by atoms with Gasteiger partial charge in [0, 0.05) is 26.2 Å². The van der Waals surface area contributed by atoms with E-state index in [1.54, 1.807) is 0 Å². The summed E-state index contributed by atoms with van der Waals surface area (Å²) >= 11 is 0. The fraction of sp³-hybridized carbons (Fsp3) is 0.533. The number of hydrogen-bond donors (Lipinski definition) is 1. The van der Waals surface area contributed by atoms with Crippen molar-refractivity contribution >= 4 is 11.7 Å². The first-order chi connectivity index (χ1) is 9.04. The number of anilines is 1. The summed E-state index contributed by atoms with van der Waals surface area (Å²) in [6.45, 7) is 9.47. The average Bonchev–Trinajstić information content (AvgIpc) is 2.68. The SMILES string of the molecule is CNCCN1CCN(c2c(C)cc(C)cc2C)C1=O. The number of carbonyl (C=O) groups is 1. The second kappa shape index (κ2) is 5.61. The molecule has 1 heterocycles. The second-order valence-corrected chi connectivity index (χ2v) is 5.27. The van der Waals surface area contributed by atoms with Gasteiger partial charge in [0.1, 0.15) is 0 Å². The van der Waals surface area contributed by atoms with E-state index in [0.29, 0.717) is 0 Å². The maximum atomic E-state index is 12.4. The Hall–Kier alpha value is -1.55. The van der Waals surface area contributed by atoms with Gasteiger partial charge in [0.2, 0.25) is 0 Å². The monoisotopic (exact) mass is 261 g/mol. The lowest BCUT2D eigenvalue weighted by Crippen LogP contribution is -2.36. The van der Waals surface area contributed by atoms with Gasteiger partial charge in [0.15, 0.2) is 0 Å². The summed E-state index contributed by atoms with van der Waals surface area (Å²) in [4.78, 5) is 16.3. The maximum Gasteiger partial charge on any atom is 0.324 e. The minimum atomic E-state index is 0.130. The number of carbonyl (C=O) groups excluding carboxylic acids is 1. The first-order valence-corrected chi connectivity index (χ1v) is 6.83.